The van der Waals surface area contributed by atoms with Gasteiger partial charge in [-0.15, -0.1) is 0 Å². The number of aryl methyl sites for hydroxylation is 1. The number of methoxy groups -OCH3 is 1. The Bertz CT molecular complexity index is 1940. The number of fused-ring (bicyclic) bond motifs is 4. The van der Waals surface area contributed by atoms with Crippen molar-refractivity contribution in [1.29, 1.82) is 0 Å². The lowest BCUT2D eigenvalue weighted by molar-refractivity contribution is 0.0700. The van der Waals surface area contributed by atoms with Crippen molar-refractivity contribution in [3.63, 3.8) is 0 Å². The van der Waals surface area contributed by atoms with Crippen molar-refractivity contribution < 1.29 is 23.4 Å². The number of nitrogens with zero attached hydrogens (tertiary/aromatic N) is 2. The minimum Gasteiger partial charge on any atom is -0.505 e. The zero-order chi connectivity index (χ0) is 29.6. The molecule has 2 aliphatic carbocycles. The highest BCUT2D eigenvalue weighted by Crippen LogP contribution is 2.44. The Balaban J connectivity index is 1.25. The molecule has 5 aromatic rings. The number of likely N-dealkylation sites (tertiary alicyclic amines) is 1. The van der Waals surface area contributed by atoms with Crippen molar-refractivity contribution >= 4 is 27.8 Å². The number of nitrogens with two attached hydrogens (primary N) is 1. The van der Waals surface area contributed by atoms with Gasteiger partial charge in [-0.2, -0.15) is 0 Å². The molecule has 0 radical (unpaired) electrons. The summed E-state index contributed by atoms with van der Waals surface area (Å²) in [4.78, 5) is 15.6. The van der Waals surface area contributed by atoms with Crippen LogP contribution < -0.4 is 10.5 Å². The Hall–Kier alpha value is -4.30. The maximum atomic E-state index is 14.9. The normalized spacial score (nSPS) is 21.4. The molecule has 2 bridgehead atoms. The first-order valence-electron chi connectivity index (χ1n) is 15.1. The third-order valence-electron chi connectivity index (χ3n) is 9.94. The molecule has 3 aliphatic rings. The second-order valence-corrected chi connectivity index (χ2v) is 12.5. The number of furan rings is 1. The number of carbonyl (C=O) groups excluding carboxylic acids is 1. The third kappa shape index (κ3) is 4.07. The Morgan fingerprint density at radius 3 is 2.67 bits per heavy atom. The molecule has 1 aliphatic heterocycles. The number of aromatic nitrogens is 1. The molecule has 2 aromatic heterocycles. The smallest absolute Gasteiger partial charge is 0.254 e. The first-order chi connectivity index (χ1) is 20.8. The number of phenolic OH excluding ortho intramolecular Hbond substituents is 1. The van der Waals surface area contributed by atoms with E-state index in [1.54, 1.807) is 19.2 Å². The number of amides is 1. The fraction of sp³-hybridized carbons (Fsp3) is 0.343. The summed E-state index contributed by atoms with van der Waals surface area (Å²) in [6.45, 7) is 3.54. The molecule has 3 fully saturated rings. The lowest BCUT2D eigenvalue weighted by Crippen LogP contribution is -2.41. The second-order valence-electron chi connectivity index (χ2n) is 12.5. The molecule has 43 heavy (non-hydrogen) atoms. The minimum absolute atomic E-state index is 0.0342. The maximum Gasteiger partial charge on any atom is 0.254 e. The number of hydrogen-bond donors (Lipinski definition) is 2. The average Bonchev–Trinajstić information content (AvgIpc) is 3.42. The van der Waals surface area contributed by atoms with Crippen molar-refractivity contribution in [3.8, 4) is 34.1 Å². The molecule has 2 unspecified atom stereocenters. The number of ether oxygens (including phenoxy) is 1. The molecule has 8 heteroatoms. The number of benzene rings is 3. The lowest BCUT2D eigenvalue weighted by Gasteiger charge is -2.27. The summed E-state index contributed by atoms with van der Waals surface area (Å²) in [6.07, 6.45) is 4.37. The summed E-state index contributed by atoms with van der Waals surface area (Å²) in [5.41, 5.74) is 11.4. The zero-order valence-electron chi connectivity index (χ0n) is 24.3. The first-order valence-corrected chi connectivity index (χ1v) is 15.1. The van der Waals surface area contributed by atoms with Gasteiger partial charge >= 0.3 is 0 Å². The van der Waals surface area contributed by atoms with Crippen LogP contribution >= 0.6 is 0 Å². The molecule has 2 saturated carbocycles. The quantitative estimate of drug-likeness (QED) is 0.229. The van der Waals surface area contributed by atoms with E-state index in [1.165, 1.54) is 18.9 Å². The molecule has 3 aromatic carbocycles. The van der Waals surface area contributed by atoms with Crippen LogP contribution in [0.1, 0.15) is 41.6 Å². The summed E-state index contributed by atoms with van der Waals surface area (Å²) >= 11 is 0. The van der Waals surface area contributed by atoms with E-state index in [2.05, 4.69) is 10.6 Å². The molecule has 220 valence electrons. The van der Waals surface area contributed by atoms with Gasteiger partial charge in [0.15, 0.2) is 17.3 Å². The van der Waals surface area contributed by atoms with E-state index in [1.807, 2.05) is 42.2 Å². The van der Waals surface area contributed by atoms with Crippen molar-refractivity contribution in [2.45, 2.75) is 51.2 Å². The molecular weight excluding hydrogens is 545 g/mol. The van der Waals surface area contributed by atoms with E-state index in [9.17, 15) is 14.3 Å². The fourth-order valence-electron chi connectivity index (χ4n) is 7.42. The van der Waals surface area contributed by atoms with Gasteiger partial charge in [0.2, 0.25) is 0 Å². The fourth-order valence-corrected chi connectivity index (χ4v) is 7.42. The maximum absolute atomic E-state index is 14.9. The predicted molar refractivity (Wildman–Crippen MR) is 164 cm³/mol. The van der Waals surface area contributed by atoms with Crippen molar-refractivity contribution in [2.24, 2.45) is 17.6 Å². The molecule has 3 atom stereocenters. The van der Waals surface area contributed by atoms with Crippen LogP contribution in [0.2, 0.25) is 0 Å². The number of halogens is 1. The minimum atomic E-state index is -0.628. The van der Waals surface area contributed by atoms with Gasteiger partial charge in [0.25, 0.3) is 5.91 Å². The summed E-state index contributed by atoms with van der Waals surface area (Å²) in [5, 5.41) is 11.8. The third-order valence-corrected chi connectivity index (χ3v) is 9.94. The average molecular weight is 580 g/mol. The van der Waals surface area contributed by atoms with Gasteiger partial charge < -0.3 is 29.5 Å². The van der Waals surface area contributed by atoms with E-state index in [-0.39, 0.29) is 23.7 Å². The van der Waals surface area contributed by atoms with Crippen LogP contribution in [0.25, 0.3) is 44.5 Å². The van der Waals surface area contributed by atoms with Crippen molar-refractivity contribution in [1.82, 2.24) is 9.47 Å². The highest BCUT2D eigenvalue weighted by Gasteiger charge is 2.47. The number of hydrogen-bond acceptors (Lipinski definition) is 5. The van der Waals surface area contributed by atoms with E-state index >= 15 is 0 Å². The van der Waals surface area contributed by atoms with Crippen molar-refractivity contribution in [3.05, 3.63) is 71.5 Å². The van der Waals surface area contributed by atoms with Gasteiger partial charge in [-0.3, -0.25) is 4.79 Å². The monoisotopic (exact) mass is 579 g/mol. The predicted octanol–water partition coefficient (Wildman–Crippen LogP) is 6.85. The van der Waals surface area contributed by atoms with Gasteiger partial charge in [0.05, 0.1) is 18.2 Å². The molecule has 1 saturated heterocycles. The molecular formula is C35H34FN3O4. The number of rotatable bonds is 6. The highest BCUT2D eigenvalue weighted by atomic mass is 19.1. The molecule has 3 N–H and O–H groups in total. The summed E-state index contributed by atoms with van der Waals surface area (Å²) in [7, 11) is 1.62. The number of carbonyl (C=O) groups is 1. The van der Waals surface area contributed by atoms with Gasteiger partial charge in [-0.05, 0) is 80.3 Å². The Morgan fingerprint density at radius 2 is 1.95 bits per heavy atom. The van der Waals surface area contributed by atoms with Gasteiger partial charge in [-0.1, -0.05) is 24.3 Å². The number of phenols is 1. The Morgan fingerprint density at radius 1 is 1.12 bits per heavy atom. The zero-order valence-corrected chi connectivity index (χ0v) is 24.3. The van der Waals surface area contributed by atoms with Crippen LogP contribution in [-0.2, 0) is 6.54 Å². The molecule has 0 spiro atoms. The van der Waals surface area contributed by atoms with Gasteiger partial charge in [0, 0.05) is 52.8 Å². The SMILES string of the molecule is COc1cc(C(=O)N2CC3CCC2[C@@H]3N)cc2oc(-c3cc4ccc(-c5cccc(O)c5F)cc4n3CC3CC3)c(C)c12. The first kappa shape index (κ1) is 26.3. The Labute approximate surface area is 248 Å². The summed E-state index contributed by atoms with van der Waals surface area (Å²) in [5.74, 6) is 1.24. The van der Waals surface area contributed by atoms with Gasteiger partial charge in [-0.25, -0.2) is 4.39 Å². The van der Waals surface area contributed by atoms with E-state index < -0.39 is 5.82 Å². The lowest BCUT2D eigenvalue weighted by atomic mass is 10.0. The summed E-state index contributed by atoms with van der Waals surface area (Å²) < 4.78 is 29.5. The van der Waals surface area contributed by atoms with Crippen LogP contribution in [0.15, 0.2) is 59.0 Å². The number of piperidine rings is 1. The molecule has 8 rings (SSSR count). The van der Waals surface area contributed by atoms with Crippen LogP contribution in [-0.4, -0.2) is 46.2 Å². The van der Waals surface area contributed by atoms with Crippen LogP contribution in [0.3, 0.4) is 0 Å². The largest absolute Gasteiger partial charge is 0.505 e. The second kappa shape index (κ2) is 9.61. The van der Waals surface area contributed by atoms with Crippen LogP contribution in [0.5, 0.6) is 11.5 Å². The van der Waals surface area contributed by atoms with Crippen LogP contribution in [0.4, 0.5) is 4.39 Å². The van der Waals surface area contributed by atoms with E-state index in [0.29, 0.717) is 46.4 Å². The summed E-state index contributed by atoms with van der Waals surface area (Å²) in [6, 6.07) is 16.5. The van der Waals surface area contributed by atoms with Crippen molar-refractivity contribution in [2.75, 3.05) is 13.7 Å². The molecule has 3 heterocycles. The highest BCUT2D eigenvalue weighted by molar-refractivity contribution is 6.02. The number of aromatic hydroxyl groups is 1. The van der Waals surface area contributed by atoms with E-state index in [0.717, 1.165) is 52.7 Å². The molecule has 7 nitrogen and oxygen atoms in total. The van der Waals surface area contributed by atoms with E-state index in [4.69, 9.17) is 14.9 Å². The van der Waals surface area contributed by atoms with Crippen LogP contribution in [0, 0.1) is 24.6 Å². The molecule has 1 amide bonds. The van der Waals surface area contributed by atoms with Gasteiger partial charge in [0.1, 0.15) is 11.3 Å². The topological polar surface area (TPSA) is 93.9 Å². The standard InChI is InChI=1S/C35H34FN3O4/c1-18-31-29(42-2)14-23(35(41)39-17-22-10-11-25(39)33(22)37)15-30(31)43-34(18)27-13-21-9-8-20(24-4-3-5-28(40)32(24)36)12-26(21)38(27)16-19-6-7-19/h3-5,8-9,12-15,19,22,25,33,40H,6-7,10-11,16-17,37H2,1-2H3/t22?,25?,33-/m1/s1. The Kier molecular flexibility index (Phi) is 5.88.